The quantitative estimate of drug-likeness (QED) is 0.108. The molecule has 0 spiro atoms. The zero-order valence-corrected chi connectivity index (χ0v) is 21.5. The van der Waals surface area contributed by atoms with Crippen molar-refractivity contribution in [2.45, 2.75) is 9.79 Å². The number of nitrogens with one attached hydrogen (secondary N) is 2. The highest BCUT2D eigenvalue weighted by molar-refractivity contribution is 7.99. The van der Waals surface area contributed by atoms with Gasteiger partial charge in [0, 0.05) is 33.8 Å². The standard InChI is InChI=1S/C25H20ClN3O6S2/c26-18-8-6-17(7-9-18)23-12-13-24(35-23)25(30)28-37(33,34)20-10-11-21(22(16-20)29(31)32)27-14-15-36-19-4-2-1-3-5-19/h1-13,16,27H,14-15H2,(H,28,30). The summed E-state index contributed by atoms with van der Waals surface area (Å²) in [5.41, 5.74) is 0.387. The van der Waals surface area contributed by atoms with Crippen LogP contribution in [0.25, 0.3) is 11.3 Å². The van der Waals surface area contributed by atoms with E-state index in [-0.39, 0.29) is 11.4 Å². The first-order chi connectivity index (χ1) is 17.7. The van der Waals surface area contributed by atoms with Gasteiger partial charge in [-0.3, -0.25) is 14.9 Å². The highest BCUT2D eigenvalue weighted by Crippen LogP contribution is 2.29. The average molecular weight is 558 g/mol. The first kappa shape index (κ1) is 26.3. The van der Waals surface area contributed by atoms with Crippen molar-refractivity contribution >= 4 is 50.7 Å². The SMILES string of the molecule is O=C(NS(=O)(=O)c1ccc(NCCSc2ccccc2)c([N+](=O)[O-])c1)c1ccc(-c2ccc(Cl)cc2)o1. The van der Waals surface area contributed by atoms with Crippen molar-refractivity contribution in [3.63, 3.8) is 0 Å². The molecule has 190 valence electrons. The number of nitro groups is 1. The topological polar surface area (TPSA) is 132 Å². The third-order valence-electron chi connectivity index (χ3n) is 5.09. The van der Waals surface area contributed by atoms with Crippen molar-refractivity contribution in [2.75, 3.05) is 17.6 Å². The van der Waals surface area contributed by atoms with Crippen LogP contribution in [0, 0.1) is 10.1 Å². The molecule has 0 aliphatic rings. The number of halogens is 1. The number of benzene rings is 3. The van der Waals surface area contributed by atoms with Crippen LogP contribution in [0.3, 0.4) is 0 Å². The van der Waals surface area contributed by atoms with Gasteiger partial charge >= 0.3 is 5.91 Å². The zero-order chi connectivity index (χ0) is 26.4. The highest BCUT2D eigenvalue weighted by Gasteiger charge is 2.25. The molecule has 37 heavy (non-hydrogen) atoms. The third-order valence-corrected chi connectivity index (χ3v) is 7.69. The molecule has 0 bridgehead atoms. The third kappa shape index (κ3) is 6.70. The highest BCUT2D eigenvalue weighted by atomic mass is 35.5. The summed E-state index contributed by atoms with van der Waals surface area (Å²) >= 11 is 7.45. The molecule has 12 heteroatoms. The number of nitrogens with zero attached hydrogens (tertiary/aromatic N) is 1. The predicted octanol–water partition coefficient (Wildman–Crippen LogP) is 5.83. The smallest absolute Gasteiger partial charge is 0.300 e. The van der Waals surface area contributed by atoms with Crippen molar-refractivity contribution in [3.8, 4) is 11.3 Å². The lowest BCUT2D eigenvalue weighted by Gasteiger charge is -2.10. The largest absolute Gasteiger partial charge is 0.451 e. The van der Waals surface area contributed by atoms with Gasteiger partial charge in [-0.05, 0) is 60.7 Å². The second-order valence-electron chi connectivity index (χ2n) is 7.63. The minimum Gasteiger partial charge on any atom is -0.451 e. The number of sulfonamides is 1. The lowest BCUT2D eigenvalue weighted by molar-refractivity contribution is -0.384. The summed E-state index contributed by atoms with van der Waals surface area (Å²) in [6.45, 7) is 0.414. The second kappa shape index (κ2) is 11.5. The Hall–Kier alpha value is -3.80. The van der Waals surface area contributed by atoms with Crippen LogP contribution in [-0.2, 0) is 10.0 Å². The Labute approximate surface area is 222 Å². The van der Waals surface area contributed by atoms with Crippen LogP contribution in [0.5, 0.6) is 0 Å². The summed E-state index contributed by atoms with van der Waals surface area (Å²) in [7, 11) is -4.42. The van der Waals surface area contributed by atoms with Gasteiger partial charge in [0.15, 0.2) is 5.76 Å². The van der Waals surface area contributed by atoms with Crippen molar-refractivity contribution in [2.24, 2.45) is 0 Å². The summed E-state index contributed by atoms with van der Waals surface area (Å²) in [5, 5.41) is 15.1. The number of amides is 1. The van der Waals surface area contributed by atoms with Gasteiger partial charge in [0.2, 0.25) is 0 Å². The molecule has 1 heterocycles. The summed E-state index contributed by atoms with van der Waals surface area (Å²) in [5.74, 6) is -0.269. The van der Waals surface area contributed by atoms with Crippen molar-refractivity contribution < 1.29 is 22.6 Å². The van der Waals surface area contributed by atoms with Crippen LogP contribution in [0.1, 0.15) is 10.6 Å². The van der Waals surface area contributed by atoms with E-state index in [0.29, 0.717) is 28.6 Å². The molecule has 3 aromatic carbocycles. The molecule has 0 saturated carbocycles. The summed E-state index contributed by atoms with van der Waals surface area (Å²) in [6.07, 6.45) is 0. The maximum atomic E-state index is 12.8. The molecule has 0 fully saturated rings. The number of furan rings is 1. The van der Waals surface area contributed by atoms with Gasteiger partial charge in [-0.1, -0.05) is 29.8 Å². The summed E-state index contributed by atoms with van der Waals surface area (Å²) < 4.78 is 33.0. The molecule has 0 unspecified atom stereocenters. The Balaban J connectivity index is 1.44. The maximum absolute atomic E-state index is 12.8. The lowest BCUT2D eigenvalue weighted by Crippen LogP contribution is -2.30. The Kier molecular flexibility index (Phi) is 8.17. The monoisotopic (exact) mass is 557 g/mol. The molecule has 1 aromatic heterocycles. The molecule has 4 aromatic rings. The maximum Gasteiger partial charge on any atom is 0.300 e. The van der Waals surface area contributed by atoms with E-state index >= 15 is 0 Å². The fourth-order valence-electron chi connectivity index (χ4n) is 3.31. The van der Waals surface area contributed by atoms with E-state index in [1.54, 1.807) is 36.0 Å². The van der Waals surface area contributed by atoms with Gasteiger partial charge in [-0.2, -0.15) is 0 Å². The Morgan fingerprint density at radius 1 is 1.00 bits per heavy atom. The fourth-order valence-corrected chi connectivity index (χ4v) is 5.20. The molecule has 0 saturated heterocycles. The van der Waals surface area contributed by atoms with Crippen LogP contribution < -0.4 is 10.0 Å². The fraction of sp³-hybridized carbons (Fsp3) is 0.0800. The van der Waals surface area contributed by atoms with Gasteiger partial charge in [0.1, 0.15) is 11.4 Å². The lowest BCUT2D eigenvalue weighted by atomic mass is 10.2. The number of thioether (sulfide) groups is 1. The molecular weight excluding hydrogens is 538 g/mol. The molecule has 0 atom stereocenters. The van der Waals surface area contributed by atoms with Crippen LogP contribution in [0.4, 0.5) is 11.4 Å². The van der Waals surface area contributed by atoms with Crippen molar-refractivity contribution in [1.29, 1.82) is 0 Å². The Morgan fingerprint density at radius 2 is 1.73 bits per heavy atom. The van der Waals surface area contributed by atoms with Gasteiger partial charge in [0.25, 0.3) is 15.7 Å². The number of carbonyl (C=O) groups excluding carboxylic acids is 1. The summed E-state index contributed by atoms with van der Waals surface area (Å²) in [4.78, 5) is 24.1. The van der Waals surface area contributed by atoms with Gasteiger partial charge < -0.3 is 9.73 Å². The predicted molar refractivity (Wildman–Crippen MR) is 143 cm³/mol. The van der Waals surface area contributed by atoms with E-state index in [0.717, 1.165) is 11.0 Å². The molecule has 0 aliphatic carbocycles. The van der Waals surface area contributed by atoms with E-state index in [1.165, 1.54) is 24.3 Å². The number of nitro benzene ring substituents is 1. The van der Waals surface area contributed by atoms with Gasteiger partial charge in [-0.25, -0.2) is 13.1 Å². The molecule has 0 aliphatic heterocycles. The Bertz CT molecular complexity index is 1520. The van der Waals surface area contributed by atoms with Crippen molar-refractivity contribution in [3.05, 3.63) is 106 Å². The molecule has 4 rings (SSSR count). The molecule has 0 radical (unpaired) electrons. The zero-order valence-electron chi connectivity index (χ0n) is 19.1. The molecule has 9 nitrogen and oxygen atoms in total. The van der Waals surface area contributed by atoms with Crippen LogP contribution in [0.2, 0.25) is 5.02 Å². The first-order valence-corrected chi connectivity index (χ1v) is 13.7. The number of carbonyl (C=O) groups is 1. The van der Waals surface area contributed by atoms with E-state index in [2.05, 4.69) is 5.32 Å². The average Bonchev–Trinajstić information content (AvgIpc) is 3.38. The van der Waals surface area contributed by atoms with E-state index in [1.807, 2.05) is 35.1 Å². The second-order valence-corrected chi connectivity index (χ2v) is 10.9. The number of hydrogen-bond donors (Lipinski definition) is 2. The van der Waals surface area contributed by atoms with Crippen LogP contribution >= 0.6 is 23.4 Å². The van der Waals surface area contributed by atoms with Gasteiger partial charge in [0.05, 0.1) is 9.82 Å². The van der Waals surface area contributed by atoms with Crippen molar-refractivity contribution in [1.82, 2.24) is 4.72 Å². The molecular formula is C25H20ClN3O6S2. The van der Waals surface area contributed by atoms with Gasteiger partial charge in [-0.15, -0.1) is 11.8 Å². The molecule has 1 amide bonds. The minimum absolute atomic E-state index is 0.169. The van der Waals surface area contributed by atoms with E-state index < -0.39 is 31.4 Å². The normalized spacial score (nSPS) is 11.2. The summed E-state index contributed by atoms with van der Waals surface area (Å²) in [6, 6.07) is 22.6. The minimum atomic E-state index is -4.42. The van der Waals surface area contributed by atoms with E-state index in [4.69, 9.17) is 16.0 Å². The number of rotatable bonds is 10. The Morgan fingerprint density at radius 3 is 2.43 bits per heavy atom. The first-order valence-electron chi connectivity index (χ1n) is 10.9. The van der Waals surface area contributed by atoms with Crippen LogP contribution in [0.15, 0.2) is 99.1 Å². The number of hydrogen-bond acceptors (Lipinski definition) is 8. The number of anilines is 1. The van der Waals surface area contributed by atoms with E-state index in [9.17, 15) is 23.3 Å². The molecule has 2 N–H and O–H groups in total. The van der Waals surface area contributed by atoms with Crippen LogP contribution in [-0.4, -0.2) is 31.5 Å².